The van der Waals surface area contributed by atoms with E-state index in [4.69, 9.17) is 9.15 Å². The molecule has 1 heterocycles. The van der Waals surface area contributed by atoms with Crippen LogP contribution in [-0.2, 0) is 4.74 Å². The number of esters is 1. The highest BCUT2D eigenvalue weighted by atomic mass is 127. The third kappa shape index (κ3) is 4.59. The van der Waals surface area contributed by atoms with Crippen molar-refractivity contribution in [3.63, 3.8) is 0 Å². The number of hydrogen-bond acceptors (Lipinski definition) is 6. The summed E-state index contributed by atoms with van der Waals surface area (Å²) in [4.78, 5) is 36.5. The van der Waals surface area contributed by atoms with Crippen LogP contribution in [0, 0.1) is 13.7 Å². The van der Waals surface area contributed by atoms with Gasteiger partial charge in [-0.3, -0.25) is 10.1 Å². The van der Waals surface area contributed by atoms with Gasteiger partial charge in [-0.2, -0.15) is 0 Å². The molecule has 8 heteroatoms. The Labute approximate surface area is 186 Å². The fraction of sp³-hybridized carbons (Fsp3) is 0.182. The molecular weight excluding hydrogens is 501 g/mol. The maximum absolute atomic E-state index is 13.0. The van der Waals surface area contributed by atoms with Crippen molar-refractivity contribution >= 4 is 34.2 Å². The number of nitro groups is 1. The van der Waals surface area contributed by atoms with Crippen LogP contribution in [0.1, 0.15) is 31.3 Å². The Bertz CT molecular complexity index is 1180. The van der Waals surface area contributed by atoms with E-state index in [1.54, 1.807) is 63.2 Å². The zero-order valence-corrected chi connectivity index (χ0v) is 18.6. The monoisotopic (exact) mass is 519 g/mol. The zero-order valence-electron chi connectivity index (χ0n) is 16.5. The second kappa shape index (κ2) is 8.39. The van der Waals surface area contributed by atoms with Gasteiger partial charge in [0.15, 0.2) is 0 Å². The van der Waals surface area contributed by atoms with Gasteiger partial charge in [0.25, 0.3) is 5.69 Å². The molecule has 0 spiro atoms. The minimum Gasteiger partial charge on any atom is -0.454 e. The van der Waals surface area contributed by atoms with Gasteiger partial charge in [0.2, 0.25) is 5.76 Å². The fourth-order valence-corrected chi connectivity index (χ4v) is 3.72. The number of carbonyl (C=O) groups is 1. The lowest BCUT2D eigenvalue weighted by Crippen LogP contribution is -2.25. The molecule has 0 N–H and O–H groups in total. The van der Waals surface area contributed by atoms with E-state index in [0.717, 1.165) is 0 Å². The van der Waals surface area contributed by atoms with Crippen LogP contribution >= 0.6 is 22.6 Å². The van der Waals surface area contributed by atoms with Crippen LogP contribution in [0.4, 0.5) is 5.69 Å². The van der Waals surface area contributed by atoms with E-state index in [0.29, 0.717) is 14.7 Å². The van der Waals surface area contributed by atoms with Crippen molar-refractivity contribution < 1.29 is 18.9 Å². The maximum Gasteiger partial charge on any atom is 0.375 e. The predicted molar refractivity (Wildman–Crippen MR) is 120 cm³/mol. The van der Waals surface area contributed by atoms with Crippen molar-refractivity contribution in [1.29, 1.82) is 0 Å². The van der Waals surface area contributed by atoms with Crippen molar-refractivity contribution in [3.8, 4) is 22.3 Å². The summed E-state index contributed by atoms with van der Waals surface area (Å²) in [5.74, 6) is -1.25. The van der Waals surface area contributed by atoms with Crippen molar-refractivity contribution in [2.75, 3.05) is 0 Å². The Balaban J connectivity index is 2.45. The molecule has 154 valence electrons. The van der Waals surface area contributed by atoms with E-state index in [2.05, 4.69) is 0 Å². The first-order valence-electron chi connectivity index (χ1n) is 8.98. The number of hydrogen-bond donors (Lipinski definition) is 0. The fourth-order valence-electron chi connectivity index (χ4n) is 2.97. The average Bonchev–Trinajstić information content (AvgIpc) is 2.67. The molecule has 0 bridgehead atoms. The summed E-state index contributed by atoms with van der Waals surface area (Å²) in [7, 11) is 0. The van der Waals surface area contributed by atoms with Crippen LogP contribution in [-0.4, -0.2) is 16.5 Å². The molecule has 3 rings (SSSR count). The Morgan fingerprint density at radius 2 is 1.73 bits per heavy atom. The molecule has 2 aromatic carbocycles. The molecule has 0 saturated carbocycles. The van der Waals surface area contributed by atoms with Gasteiger partial charge < -0.3 is 9.15 Å². The third-order valence-corrected chi connectivity index (χ3v) is 4.97. The lowest BCUT2D eigenvalue weighted by atomic mass is 9.93. The highest BCUT2D eigenvalue weighted by molar-refractivity contribution is 14.1. The Kier molecular flexibility index (Phi) is 6.06. The van der Waals surface area contributed by atoms with Crippen LogP contribution in [0.2, 0.25) is 0 Å². The molecule has 0 atom stereocenters. The van der Waals surface area contributed by atoms with E-state index in [9.17, 15) is 19.7 Å². The summed E-state index contributed by atoms with van der Waals surface area (Å²) in [5.41, 5.74) is -0.534. The lowest BCUT2D eigenvalue weighted by molar-refractivity contribution is -0.384. The number of benzene rings is 2. The normalized spacial score (nSPS) is 11.2. The molecule has 0 aliphatic heterocycles. The molecule has 30 heavy (non-hydrogen) atoms. The minimum atomic E-state index is -0.874. The first-order chi connectivity index (χ1) is 14.1. The average molecular weight is 519 g/mol. The smallest absolute Gasteiger partial charge is 0.375 e. The van der Waals surface area contributed by atoms with Gasteiger partial charge in [0.05, 0.1) is 10.5 Å². The molecule has 0 aliphatic rings. The number of nitro benzene ring substituents is 1. The van der Waals surface area contributed by atoms with Crippen molar-refractivity contribution in [3.05, 3.63) is 84.5 Å². The number of ether oxygens (including phenoxy) is 1. The molecule has 1 aromatic heterocycles. The summed E-state index contributed by atoms with van der Waals surface area (Å²) in [6, 6.07) is 14.6. The Morgan fingerprint density at radius 3 is 2.33 bits per heavy atom. The third-order valence-electron chi connectivity index (χ3n) is 4.07. The van der Waals surface area contributed by atoms with Crippen LogP contribution in [0.15, 0.2) is 63.8 Å². The van der Waals surface area contributed by atoms with E-state index in [1.807, 2.05) is 22.6 Å². The summed E-state index contributed by atoms with van der Waals surface area (Å²) in [6.07, 6.45) is 0. The first-order valence-corrected chi connectivity index (χ1v) is 10.1. The second-order valence-electron chi connectivity index (χ2n) is 7.44. The first kappa shape index (κ1) is 21.7. The standard InChI is InChI=1S/C22H18INO6/c1-22(2,3)30-21(26)20-18(19-15(23)10-7-11-16(19)24(27)28)14(12-17(25)29-20)13-8-5-4-6-9-13/h4-12H,1-3H3. The highest BCUT2D eigenvalue weighted by Gasteiger charge is 2.31. The van der Waals surface area contributed by atoms with Gasteiger partial charge in [-0.25, -0.2) is 9.59 Å². The molecule has 3 aromatic rings. The summed E-state index contributed by atoms with van der Waals surface area (Å²) >= 11 is 1.96. The number of halogens is 1. The SMILES string of the molecule is CC(C)(C)OC(=O)c1oc(=O)cc(-c2ccccc2)c1-c1c(I)cccc1[N+](=O)[O-]. The molecule has 0 fully saturated rings. The van der Waals surface area contributed by atoms with E-state index in [-0.39, 0.29) is 22.6 Å². The number of carbonyl (C=O) groups excluding carboxylic acids is 1. The summed E-state index contributed by atoms with van der Waals surface area (Å²) < 4.78 is 11.2. The van der Waals surface area contributed by atoms with Crippen LogP contribution in [0.3, 0.4) is 0 Å². The van der Waals surface area contributed by atoms with E-state index >= 15 is 0 Å². The van der Waals surface area contributed by atoms with Gasteiger partial charge in [-0.15, -0.1) is 0 Å². The molecule has 0 radical (unpaired) electrons. The maximum atomic E-state index is 13.0. The highest BCUT2D eigenvalue weighted by Crippen LogP contribution is 2.41. The van der Waals surface area contributed by atoms with Crippen molar-refractivity contribution in [2.24, 2.45) is 0 Å². The molecule has 0 unspecified atom stereocenters. The molecule has 0 amide bonds. The Hall–Kier alpha value is -3.01. The lowest BCUT2D eigenvalue weighted by Gasteiger charge is -2.21. The summed E-state index contributed by atoms with van der Waals surface area (Å²) in [5, 5.41) is 11.8. The molecule has 0 aliphatic carbocycles. The molecule has 7 nitrogen and oxygen atoms in total. The van der Waals surface area contributed by atoms with Crippen LogP contribution in [0.5, 0.6) is 0 Å². The number of nitrogens with zero attached hydrogens (tertiary/aromatic N) is 1. The minimum absolute atomic E-state index is 0.145. The van der Waals surface area contributed by atoms with Crippen molar-refractivity contribution in [2.45, 2.75) is 26.4 Å². The van der Waals surface area contributed by atoms with E-state index < -0.39 is 22.1 Å². The van der Waals surface area contributed by atoms with Gasteiger partial charge in [0.1, 0.15) is 5.60 Å². The van der Waals surface area contributed by atoms with Crippen LogP contribution in [0.25, 0.3) is 22.3 Å². The zero-order chi connectivity index (χ0) is 22.1. The second-order valence-corrected chi connectivity index (χ2v) is 8.60. The van der Waals surface area contributed by atoms with Gasteiger partial charge in [-0.05, 0) is 55.0 Å². The summed E-state index contributed by atoms with van der Waals surface area (Å²) in [6.45, 7) is 5.04. The predicted octanol–water partition coefficient (Wildman–Crippen LogP) is 5.44. The molecule has 0 saturated heterocycles. The molecular formula is C22H18INO6. The number of rotatable bonds is 4. The van der Waals surface area contributed by atoms with E-state index in [1.165, 1.54) is 12.1 Å². The topological polar surface area (TPSA) is 99.7 Å². The van der Waals surface area contributed by atoms with Gasteiger partial charge in [-0.1, -0.05) is 36.4 Å². The Morgan fingerprint density at radius 1 is 1.07 bits per heavy atom. The largest absolute Gasteiger partial charge is 0.454 e. The van der Waals surface area contributed by atoms with Gasteiger partial charge >= 0.3 is 11.6 Å². The van der Waals surface area contributed by atoms with Gasteiger partial charge in [0, 0.05) is 26.8 Å². The van der Waals surface area contributed by atoms with Crippen LogP contribution < -0.4 is 5.63 Å². The van der Waals surface area contributed by atoms with Crippen molar-refractivity contribution in [1.82, 2.24) is 0 Å². The quantitative estimate of drug-likeness (QED) is 0.197.